The molecule has 3 N–H and O–H groups in total. The first-order chi connectivity index (χ1) is 26.4. The molecule has 2 aromatic rings. The Morgan fingerprint density at radius 3 is 2.13 bits per heavy atom. The SMILES string of the molecule is CC1OCc2c(N3CCN(C)CC3)c(F)cc3c(=O)c(C(=O)NCCCC(C(=O)O)N4CCN(CC=O)CCN(CC=O)CCN(CC(=O)O)CC4)cn1c23. The number of amides is 1. The Morgan fingerprint density at radius 1 is 0.927 bits per heavy atom. The van der Waals surface area contributed by atoms with Crippen LogP contribution in [0.4, 0.5) is 10.1 Å². The summed E-state index contributed by atoms with van der Waals surface area (Å²) in [5.41, 5.74) is 0.739. The van der Waals surface area contributed by atoms with E-state index in [1.165, 1.54) is 12.3 Å². The van der Waals surface area contributed by atoms with E-state index in [0.717, 1.165) is 25.7 Å². The largest absolute Gasteiger partial charge is 0.480 e. The Morgan fingerprint density at radius 2 is 1.53 bits per heavy atom. The molecule has 2 fully saturated rings. The number of carboxylic acid groups (broad SMARTS) is 2. The monoisotopic (exact) mass is 772 g/mol. The van der Waals surface area contributed by atoms with Crippen molar-refractivity contribution in [1.29, 1.82) is 0 Å². The zero-order valence-corrected chi connectivity index (χ0v) is 31.7. The van der Waals surface area contributed by atoms with E-state index in [4.69, 9.17) is 4.74 Å². The molecule has 2 atom stereocenters. The summed E-state index contributed by atoms with van der Waals surface area (Å²) in [5, 5.41) is 22.7. The highest BCUT2D eigenvalue weighted by Gasteiger charge is 2.31. The van der Waals surface area contributed by atoms with Crippen LogP contribution in [-0.2, 0) is 30.5 Å². The third-order valence-electron chi connectivity index (χ3n) is 10.8. The Labute approximate surface area is 319 Å². The number of nitrogens with zero attached hydrogens (tertiary/aromatic N) is 7. The number of halogens is 1. The van der Waals surface area contributed by atoms with E-state index in [-0.39, 0.29) is 76.2 Å². The van der Waals surface area contributed by atoms with Crippen molar-refractivity contribution in [1.82, 2.24) is 34.4 Å². The quantitative estimate of drug-likeness (QED) is 0.166. The van der Waals surface area contributed by atoms with Crippen LogP contribution >= 0.6 is 0 Å². The van der Waals surface area contributed by atoms with Gasteiger partial charge in [0.2, 0.25) is 5.43 Å². The van der Waals surface area contributed by atoms with Gasteiger partial charge in [0.1, 0.15) is 36.2 Å². The lowest BCUT2D eigenvalue weighted by Gasteiger charge is -2.37. The third-order valence-corrected chi connectivity index (χ3v) is 10.8. The highest BCUT2D eigenvalue weighted by atomic mass is 19.1. The molecule has 0 bridgehead atoms. The number of aldehydes is 2. The van der Waals surface area contributed by atoms with E-state index in [0.29, 0.717) is 62.6 Å². The molecule has 1 aromatic heterocycles. The number of aromatic nitrogens is 1. The van der Waals surface area contributed by atoms with Crippen LogP contribution in [0.3, 0.4) is 0 Å². The van der Waals surface area contributed by atoms with Gasteiger partial charge in [-0.3, -0.25) is 38.8 Å². The fraction of sp³-hybridized carbons (Fsp3) is 0.622. The summed E-state index contributed by atoms with van der Waals surface area (Å²) in [7, 11) is 2.01. The number of hydrogen-bond donors (Lipinski definition) is 3. The maximum absolute atomic E-state index is 15.8. The normalized spacial score (nSPS) is 20.7. The van der Waals surface area contributed by atoms with Crippen molar-refractivity contribution in [3.8, 4) is 0 Å². The van der Waals surface area contributed by atoms with E-state index >= 15 is 4.39 Å². The van der Waals surface area contributed by atoms with Crippen molar-refractivity contribution < 1.29 is 43.3 Å². The fourth-order valence-electron chi connectivity index (χ4n) is 7.64. The molecule has 3 aliphatic heterocycles. The van der Waals surface area contributed by atoms with E-state index in [9.17, 15) is 39.0 Å². The summed E-state index contributed by atoms with van der Waals surface area (Å²) < 4.78 is 23.5. The smallest absolute Gasteiger partial charge is 0.320 e. The van der Waals surface area contributed by atoms with Gasteiger partial charge in [0.25, 0.3) is 5.91 Å². The van der Waals surface area contributed by atoms with Crippen molar-refractivity contribution in [2.24, 2.45) is 0 Å². The molecule has 3 aliphatic rings. The minimum absolute atomic E-state index is 0.0525. The number of carboxylic acids is 2. The summed E-state index contributed by atoms with van der Waals surface area (Å²) >= 11 is 0. The fourth-order valence-corrected chi connectivity index (χ4v) is 7.64. The van der Waals surface area contributed by atoms with Gasteiger partial charge >= 0.3 is 11.9 Å². The van der Waals surface area contributed by atoms with E-state index in [1.807, 2.05) is 21.7 Å². The van der Waals surface area contributed by atoms with Gasteiger partial charge in [-0.1, -0.05) is 0 Å². The lowest BCUT2D eigenvalue weighted by Crippen LogP contribution is -2.51. The Kier molecular flexibility index (Phi) is 14.8. The van der Waals surface area contributed by atoms with E-state index < -0.39 is 41.4 Å². The second kappa shape index (κ2) is 19.5. The molecular formula is C37H53FN8O9. The van der Waals surface area contributed by atoms with Gasteiger partial charge in [-0.2, -0.15) is 0 Å². The summed E-state index contributed by atoms with van der Waals surface area (Å²) in [6.45, 7) is 7.59. The van der Waals surface area contributed by atoms with Gasteiger partial charge in [-0.05, 0) is 32.9 Å². The zero-order chi connectivity index (χ0) is 39.6. The number of carbonyl (C=O) groups excluding carboxylic acids is 3. The van der Waals surface area contributed by atoms with Crippen LogP contribution in [0.25, 0.3) is 10.9 Å². The average Bonchev–Trinajstić information content (AvgIpc) is 3.14. The van der Waals surface area contributed by atoms with E-state index in [2.05, 4.69) is 10.2 Å². The predicted molar refractivity (Wildman–Crippen MR) is 201 cm³/mol. The van der Waals surface area contributed by atoms with Crippen molar-refractivity contribution >= 4 is 47.0 Å². The molecule has 2 saturated heterocycles. The lowest BCUT2D eigenvalue weighted by atomic mass is 10.0. The van der Waals surface area contributed by atoms with Gasteiger partial charge in [0, 0.05) is 102 Å². The van der Waals surface area contributed by atoms with Crippen molar-refractivity contribution in [3.05, 3.63) is 39.4 Å². The number of ether oxygens (including phenoxy) is 1. The first-order valence-electron chi connectivity index (χ1n) is 18.9. The number of benzene rings is 1. The number of anilines is 1. The number of pyridine rings is 1. The predicted octanol–water partition coefficient (Wildman–Crippen LogP) is -0.392. The molecule has 0 spiro atoms. The molecule has 18 heteroatoms. The Balaban J connectivity index is 1.29. The molecule has 1 aromatic carbocycles. The number of piperazine rings is 1. The molecule has 0 aliphatic carbocycles. The zero-order valence-electron chi connectivity index (χ0n) is 31.7. The second-order valence-electron chi connectivity index (χ2n) is 14.5. The minimum Gasteiger partial charge on any atom is -0.480 e. The number of aliphatic carboxylic acids is 2. The standard InChI is InChI=1S/C37H53FN8O9/c1-26-46-23-28(35(51)27-22-30(38)34(29(25-55-26)33(27)46)45-14-6-40(2)7-15-45)36(52)39-5-3-4-31(37(53)54)44-16-12-42(19-21-48)9-8-41(18-20-47)10-11-43(13-17-44)24-32(49)50/h20-23,26,31H,3-19,24-25H2,1-2H3,(H,39,52)(H,49,50)(H,53,54). The second-order valence-corrected chi connectivity index (χ2v) is 14.5. The van der Waals surface area contributed by atoms with Gasteiger partial charge in [0.05, 0.1) is 37.4 Å². The first-order valence-corrected chi connectivity index (χ1v) is 18.9. The number of carbonyl (C=O) groups is 5. The average molecular weight is 773 g/mol. The highest BCUT2D eigenvalue weighted by Crippen LogP contribution is 2.37. The molecular weight excluding hydrogens is 719 g/mol. The van der Waals surface area contributed by atoms with Crippen LogP contribution in [0.2, 0.25) is 0 Å². The molecule has 302 valence electrons. The highest BCUT2D eigenvalue weighted by molar-refractivity contribution is 5.99. The molecule has 5 rings (SSSR count). The summed E-state index contributed by atoms with van der Waals surface area (Å²) in [4.78, 5) is 85.6. The van der Waals surface area contributed by atoms with Crippen LogP contribution < -0.4 is 15.6 Å². The maximum Gasteiger partial charge on any atom is 0.320 e. The molecule has 4 heterocycles. The van der Waals surface area contributed by atoms with Gasteiger partial charge in [0.15, 0.2) is 0 Å². The summed E-state index contributed by atoms with van der Waals surface area (Å²) in [6, 6.07) is 0.227. The van der Waals surface area contributed by atoms with Crippen molar-refractivity contribution in [2.75, 3.05) is 117 Å². The topological polar surface area (TPSA) is 189 Å². The number of rotatable bonds is 14. The molecule has 0 radical (unpaired) electrons. The van der Waals surface area contributed by atoms with Crippen LogP contribution in [0.5, 0.6) is 0 Å². The molecule has 2 unspecified atom stereocenters. The van der Waals surface area contributed by atoms with Crippen LogP contribution in [0, 0.1) is 5.82 Å². The van der Waals surface area contributed by atoms with Gasteiger partial charge < -0.3 is 44.2 Å². The Bertz CT molecular complexity index is 1770. The molecule has 17 nitrogen and oxygen atoms in total. The molecule has 0 saturated carbocycles. The third kappa shape index (κ3) is 10.5. The van der Waals surface area contributed by atoms with E-state index in [1.54, 1.807) is 21.3 Å². The van der Waals surface area contributed by atoms with Crippen molar-refractivity contribution in [2.45, 2.75) is 38.6 Å². The molecule has 55 heavy (non-hydrogen) atoms. The summed E-state index contributed by atoms with van der Waals surface area (Å²) in [6.07, 6.45) is 2.86. The first kappa shape index (κ1) is 41.8. The van der Waals surface area contributed by atoms with Crippen LogP contribution in [0.15, 0.2) is 17.1 Å². The summed E-state index contributed by atoms with van der Waals surface area (Å²) in [5.74, 6) is -3.33. The van der Waals surface area contributed by atoms with Gasteiger partial charge in [-0.15, -0.1) is 0 Å². The Hall–Kier alpha value is -4.33. The van der Waals surface area contributed by atoms with Crippen LogP contribution in [0.1, 0.15) is 41.9 Å². The number of nitrogens with one attached hydrogen (secondary N) is 1. The number of hydrogen-bond acceptors (Lipinski definition) is 13. The number of likely N-dealkylation sites (N-methyl/N-ethyl adjacent to an activating group) is 1. The van der Waals surface area contributed by atoms with Crippen molar-refractivity contribution in [3.63, 3.8) is 0 Å². The minimum atomic E-state index is -1.09. The molecule has 1 amide bonds. The lowest BCUT2D eigenvalue weighted by molar-refractivity contribution is -0.144. The maximum atomic E-state index is 15.8. The van der Waals surface area contributed by atoms with Crippen LogP contribution in [-0.4, -0.2) is 188 Å². The van der Waals surface area contributed by atoms with Gasteiger partial charge in [-0.25, -0.2) is 4.39 Å².